The van der Waals surface area contributed by atoms with Gasteiger partial charge in [0.05, 0.1) is 6.61 Å². The molecule has 5 heteroatoms. The van der Waals surface area contributed by atoms with Crippen molar-refractivity contribution in [3.8, 4) is 0 Å². The van der Waals surface area contributed by atoms with Crippen LogP contribution >= 0.6 is 24.0 Å². The van der Waals surface area contributed by atoms with E-state index in [1.165, 1.54) is 5.56 Å². The standard InChI is InChI=1S/C17H29N3O.HI/c1-14(2)13-21-11-10-19-17(18-4)20-12-15(3)16-8-6-5-7-9-16;/h5-9,14-15H,10-13H2,1-4H3,(H2,18,19,20);1H. The van der Waals surface area contributed by atoms with Gasteiger partial charge in [-0.15, -0.1) is 24.0 Å². The van der Waals surface area contributed by atoms with Gasteiger partial charge in [-0.05, 0) is 17.4 Å². The average molecular weight is 419 g/mol. The molecule has 0 radical (unpaired) electrons. The highest BCUT2D eigenvalue weighted by molar-refractivity contribution is 14.0. The molecule has 0 bridgehead atoms. The number of rotatable bonds is 8. The molecule has 22 heavy (non-hydrogen) atoms. The Balaban J connectivity index is 0.00000441. The molecule has 0 aliphatic carbocycles. The Morgan fingerprint density at radius 2 is 1.82 bits per heavy atom. The Bertz CT molecular complexity index is 410. The van der Waals surface area contributed by atoms with Gasteiger partial charge in [-0.3, -0.25) is 4.99 Å². The molecule has 1 rings (SSSR count). The summed E-state index contributed by atoms with van der Waals surface area (Å²) in [5.41, 5.74) is 1.33. The van der Waals surface area contributed by atoms with E-state index in [0.717, 1.165) is 25.7 Å². The first-order valence-electron chi connectivity index (χ1n) is 7.70. The summed E-state index contributed by atoms with van der Waals surface area (Å²) in [7, 11) is 1.79. The SMILES string of the molecule is CN=C(NCCOCC(C)C)NCC(C)c1ccccc1.I. The zero-order chi connectivity index (χ0) is 15.5. The highest BCUT2D eigenvalue weighted by Crippen LogP contribution is 2.12. The number of hydrogen-bond donors (Lipinski definition) is 2. The van der Waals surface area contributed by atoms with Gasteiger partial charge in [0.15, 0.2) is 5.96 Å². The number of nitrogens with one attached hydrogen (secondary N) is 2. The third-order valence-corrected chi connectivity index (χ3v) is 3.16. The summed E-state index contributed by atoms with van der Waals surface area (Å²) in [6.45, 7) is 9.65. The molecule has 1 aromatic rings. The topological polar surface area (TPSA) is 45.7 Å². The van der Waals surface area contributed by atoms with E-state index in [4.69, 9.17) is 4.74 Å². The number of halogens is 1. The third kappa shape index (κ3) is 9.25. The lowest BCUT2D eigenvalue weighted by Crippen LogP contribution is -2.40. The van der Waals surface area contributed by atoms with Crippen molar-refractivity contribution in [1.82, 2.24) is 10.6 Å². The third-order valence-electron chi connectivity index (χ3n) is 3.16. The van der Waals surface area contributed by atoms with Crippen LogP contribution in [0.5, 0.6) is 0 Å². The molecule has 0 heterocycles. The van der Waals surface area contributed by atoms with Crippen molar-refractivity contribution in [2.24, 2.45) is 10.9 Å². The van der Waals surface area contributed by atoms with Crippen LogP contribution in [0.15, 0.2) is 35.3 Å². The summed E-state index contributed by atoms with van der Waals surface area (Å²) in [5, 5.41) is 6.61. The summed E-state index contributed by atoms with van der Waals surface area (Å²) in [5.74, 6) is 1.85. The van der Waals surface area contributed by atoms with Crippen LogP contribution in [-0.2, 0) is 4.74 Å². The van der Waals surface area contributed by atoms with E-state index in [-0.39, 0.29) is 24.0 Å². The lowest BCUT2D eigenvalue weighted by atomic mass is 10.0. The van der Waals surface area contributed by atoms with Gasteiger partial charge in [-0.2, -0.15) is 0 Å². The fraction of sp³-hybridized carbons (Fsp3) is 0.588. The maximum atomic E-state index is 5.54. The normalized spacial score (nSPS) is 12.7. The molecule has 0 aliphatic rings. The second-order valence-corrected chi connectivity index (χ2v) is 5.66. The van der Waals surface area contributed by atoms with Crippen LogP contribution in [0.4, 0.5) is 0 Å². The van der Waals surface area contributed by atoms with Crippen molar-refractivity contribution in [2.45, 2.75) is 26.7 Å². The van der Waals surface area contributed by atoms with E-state index in [1.54, 1.807) is 7.05 Å². The van der Waals surface area contributed by atoms with E-state index in [0.29, 0.717) is 18.4 Å². The molecule has 4 nitrogen and oxygen atoms in total. The molecular weight excluding hydrogens is 389 g/mol. The Hall–Kier alpha value is -0.820. The lowest BCUT2D eigenvalue weighted by Gasteiger charge is -2.16. The predicted octanol–water partition coefficient (Wildman–Crippen LogP) is 3.25. The van der Waals surface area contributed by atoms with Crippen molar-refractivity contribution in [3.63, 3.8) is 0 Å². The minimum Gasteiger partial charge on any atom is -0.379 e. The van der Waals surface area contributed by atoms with Gasteiger partial charge in [0.2, 0.25) is 0 Å². The summed E-state index contributed by atoms with van der Waals surface area (Å²) in [4.78, 5) is 4.23. The average Bonchev–Trinajstić information content (AvgIpc) is 2.50. The van der Waals surface area contributed by atoms with Gasteiger partial charge in [0, 0.05) is 26.7 Å². The molecule has 0 saturated heterocycles. The number of hydrogen-bond acceptors (Lipinski definition) is 2. The molecule has 1 atom stereocenters. The number of guanidine groups is 1. The molecule has 1 unspecified atom stereocenters. The molecule has 0 saturated carbocycles. The van der Waals surface area contributed by atoms with Gasteiger partial charge in [-0.1, -0.05) is 51.1 Å². The van der Waals surface area contributed by atoms with Gasteiger partial charge in [0.1, 0.15) is 0 Å². The number of aliphatic imine (C=N–C) groups is 1. The first-order chi connectivity index (χ1) is 10.1. The van der Waals surface area contributed by atoms with E-state index in [9.17, 15) is 0 Å². The second kappa shape index (κ2) is 12.7. The molecule has 1 aromatic carbocycles. The number of ether oxygens (including phenoxy) is 1. The Morgan fingerprint density at radius 1 is 1.14 bits per heavy atom. The van der Waals surface area contributed by atoms with E-state index >= 15 is 0 Å². The highest BCUT2D eigenvalue weighted by atomic mass is 127. The largest absolute Gasteiger partial charge is 0.379 e. The molecule has 0 aliphatic heterocycles. The van der Waals surface area contributed by atoms with E-state index < -0.39 is 0 Å². The summed E-state index contributed by atoms with van der Waals surface area (Å²) in [6.07, 6.45) is 0. The first-order valence-corrected chi connectivity index (χ1v) is 7.70. The fourth-order valence-corrected chi connectivity index (χ4v) is 1.93. The monoisotopic (exact) mass is 419 g/mol. The van der Waals surface area contributed by atoms with Crippen molar-refractivity contribution >= 4 is 29.9 Å². The van der Waals surface area contributed by atoms with Gasteiger partial charge >= 0.3 is 0 Å². The quantitative estimate of drug-likeness (QED) is 0.294. The van der Waals surface area contributed by atoms with Crippen LogP contribution in [0.2, 0.25) is 0 Å². The van der Waals surface area contributed by atoms with E-state index in [2.05, 4.69) is 60.7 Å². The zero-order valence-corrected chi connectivity index (χ0v) is 16.5. The zero-order valence-electron chi connectivity index (χ0n) is 14.1. The molecule has 0 spiro atoms. The van der Waals surface area contributed by atoms with Gasteiger partial charge in [0.25, 0.3) is 0 Å². The van der Waals surface area contributed by atoms with Crippen LogP contribution in [0.25, 0.3) is 0 Å². The summed E-state index contributed by atoms with van der Waals surface area (Å²) < 4.78 is 5.54. The minimum absolute atomic E-state index is 0. The molecule has 0 fully saturated rings. The first kappa shape index (κ1) is 21.2. The Morgan fingerprint density at radius 3 is 2.41 bits per heavy atom. The highest BCUT2D eigenvalue weighted by Gasteiger charge is 2.05. The number of nitrogens with zero attached hydrogens (tertiary/aromatic N) is 1. The van der Waals surface area contributed by atoms with Crippen LogP contribution in [0.1, 0.15) is 32.3 Å². The molecule has 0 amide bonds. The van der Waals surface area contributed by atoms with E-state index in [1.807, 2.05) is 6.07 Å². The van der Waals surface area contributed by atoms with Crippen LogP contribution in [0.3, 0.4) is 0 Å². The predicted molar refractivity (Wildman–Crippen MR) is 105 cm³/mol. The fourth-order valence-electron chi connectivity index (χ4n) is 1.93. The Kier molecular flexibility index (Phi) is 12.2. The molecule has 126 valence electrons. The summed E-state index contributed by atoms with van der Waals surface area (Å²) in [6, 6.07) is 10.5. The minimum atomic E-state index is 0. The van der Waals surface area contributed by atoms with Crippen molar-refractivity contribution in [3.05, 3.63) is 35.9 Å². The van der Waals surface area contributed by atoms with Crippen LogP contribution in [-0.4, -0.2) is 39.3 Å². The van der Waals surface area contributed by atoms with Gasteiger partial charge in [-0.25, -0.2) is 0 Å². The summed E-state index contributed by atoms with van der Waals surface area (Å²) >= 11 is 0. The van der Waals surface area contributed by atoms with Crippen molar-refractivity contribution in [1.29, 1.82) is 0 Å². The Labute approximate surface area is 152 Å². The maximum Gasteiger partial charge on any atom is 0.191 e. The lowest BCUT2D eigenvalue weighted by molar-refractivity contribution is 0.114. The van der Waals surface area contributed by atoms with Gasteiger partial charge < -0.3 is 15.4 Å². The maximum absolute atomic E-state index is 5.54. The molecular formula is C17H30IN3O. The smallest absolute Gasteiger partial charge is 0.191 e. The van der Waals surface area contributed by atoms with Crippen molar-refractivity contribution in [2.75, 3.05) is 33.4 Å². The van der Waals surface area contributed by atoms with Crippen molar-refractivity contribution < 1.29 is 4.74 Å². The van der Waals surface area contributed by atoms with Crippen LogP contribution in [0, 0.1) is 5.92 Å². The molecule has 0 aromatic heterocycles. The van der Waals surface area contributed by atoms with Crippen LogP contribution < -0.4 is 10.6 Å². The molecule has 2 N–H and O–H groups in total. The number of benzene rings is 1. The second-order valence-electron chi connectivity index (χ2n) is 5.66.